The molecule has 0 aromatic heterocycles. The molecule has 0 heterocycles. The summed E-state index contributed by atoms with van der Waals surface area (Å²) in [6, 6.07) is 7.85. The largest absolute Gasteiger partial charge is 0.466 e. The molecule has 0 bridgehead atoms. The minimum Gasteiger partial charge on any atom is -0.466 e. The molecule has 0 aliphatic carbocycles. The van der Waals surface area contributed by atoms with Crippen molar-refractivity contribution in [3.63, 3.8) is 0 Å². The molecule has 0 aliphatic heterocycles. The van der Waals surface area contributed by atoms with Crippen molar-refractivity contribution in [3.05, 3.63) is 35.4 Å². The van der Waals surface area contributed by atoms with E-state index in [0.717, 1.165) is 24.0 Å². The summed E-state index contributed by atoms with van der Waals surface area (Å²) in [6.07, 6.45) is 20.9. The van der Waals surface area contributed by atoms with E-state index in [0.29, 0.717) is 13.0 Å². The fraction of sp³-hybridized carbons (Fsp3) is 0.733. The summed E-state index contributed by atoms with van der Waals surface area (Å²) in [5.74, 6) is -0.476. The molecule has 1 aromatic rings. The lowest BCUT2D eigenvalue weighted by Crippen LogP contribution is -2.09. The average molecular weight is 475 g/mol. The predicted octanol–water partition coefficient (Wildman–Crippen LogP) is 8.62. The summed E-state index contributed by atoms with van der Waals surface area (Å²) in [5, 5.41) is 0. The molecule has 0 atom stereocenters. The Morgan fingerprint density at radius 1 is 0.618 bits per heavy atom. The van der Waals surface area contributed by atoms with Crippen LogP contribution in [0.3, 0.4) is 0 Å². The summed E-state index contributed by atoms with van der Waals surface area (Å²) < 4.78 is 10.6. The molecular formula is C30H50O4. The Bertz CT molecular complexity index is 640. The second-order valence-corrected chi connectivity index (χ2v) is 9.61. The molecule has 0 aliphatic rings. The molecular weight excluding hydrogens is 424 g/mol. The maximum absolute atomic E-state index is 11.9. The van der Waals surface area contributed by atoms with Gasteiger partial charge in [0.2, 0.25) is 0 Å². The Kier molecular flexibility index (Phi) is 19.2. The molecule has 4 heteroatoms. The van der Waals surface area contributed by atoms with Crippen molar-refractivity contribution in [2.24, 2.45) is 0 Å². The normalized spacial score (nSPS) is 10.9. The number of unbranched alkanes of at least 4 members (excludes halogenated alkanes) is 14. The van der Waals surface area contributed by atoms with Crippen LogP contribution in [0, 0.1) is 6.92 Å². The van der Waals surface area contributed by atoms with Crippen LogP contribution in [0.1, 0.15) is 134 Å². The molecule has 194 valence electrons. The van der Waals surface area contributed by atoms with E-state index in [4.69, 9.17) is 9.47 Å². The van der Waals surface area contributed by atoms with Crippen LogP contribution in [0.25, 0.3) is 0 Å². The maximum atomic E-state index is 11.9. The number of ether oxygens (including phenoxy) is 2. The highest BCUT2D eigenvalue weighted by Gasteiger charge is 2.08. The highest BCUT2D eigenvalue weighted by molar-refractivity contribution is 5.72. The predicted molar refractivity (Wildman–Crippen MR) is 141 cm³/mol. The molecule has 0 spiro atoms. The summed E-state index contributed by atoms with van der Waals surface area (Å²) in [6.45, 7) is 5.05. The van der Waals surface area contributed by atoms with Crippen LogP contribution in [0.4, 0.5) is 0 Å². The zero-order chi connectivity index (χ0) is 24.7. The first-order valence-electron chi connectivity index (χ1n) is 14.0. The maximum Gasteiger partial charge on any atom is 0.306 e. The van der Waals surface area contributed by atoms with E-state index in [1.165, 1.54) is 83.5 Å². The first-order chi connectivity index (χ1) is 16.6. The zero-order valence-corrected chi connectivity index (χ0v) is 22.1. The number of esters is 2. The molecule has 0 amide bonds. The number of hydrogen-bond donors (Lipinski definition) is 0. The number of carbonyl (C=O) groups excluding carboxylic acids is 2. The Morgan fingerprint density at radius 3 is 1.62 bits per heavy atom. The van der Waals surface area contributed by atoms with E-state index in [9.17, 15) is 9.59 Å². The van der Waals surface area contributed by atoms with Crippen LogP contribution in [-0.4, -0.2) is 18.5 Å². The number of rotatable bonds is 22. The fourth-order valence-electron chi connectivity index (χ4n) is 4.11. The lowest BCUT2D eigenvalue weighted by Gasteiger charge is -2.07. The third-order valence-electron chi connectivity index (χ3n) is 6.42. The van der Waals surface area contributed by atoms with Gasteiger partial charge in [-0.15, -0.1) is 0 Å². The second-order valence-electron chi connectivity index (χ2n) is 9.61. The van der Waals surface area contributed by atoms with Crippen LogP contribution in [-0.2, 0) is 25.7 Å². The van der Waals surface area contributed by atoms with Crippen molar-refractivity contribution in [2.75, 3.05) is 6.61 Å². The van der Waals surface area contributed by atoms with Crippen molar-refractivity contribution < 1.29 is 19.1 Å². The number of benzene rings is 1. The van der Waals surface area contributed by atoms with Crippen LogP contribution < -0.4 is 0 Å². The van der Waals surface area contributed by atoms with E-state index in [-0.39, 0.29) is 31.4 Å². The van der Waals surface area contributed by atoms with Gasteiger partial charge in [0.25, 0.3) is 0 Å². The first kappa shape index (κ1) is 30.2. The van der Waals surface area contributed by atoms with Gasteiger partial charge in [-0.1, -0.05) is 121 Å². The quantitative estimate of drug-likeness (QED) is 0.125. The third kappa shape index (κ3) is 17.6. The van der Waals surface area contributed by atoms with E-state index in [1.54, 1.807) is 0 Å². The van der Waals surface area contributed by atoms with Crippen molar-refractivity contribution in [3.8, 4) is 0 Å². The van der Waals surface area contributed by atoms with Crippen molar-refractivity contribution in [2.45, 2.75) is 136 Å². The van der Waals surface area contributed by atoms with Gasteiger partial charge in [0.1, 0.15) is 6.61 Å². The van der Waals surface area contributed by atoms with Crippen LogP contribution in [0.15, 0.2) is 24.3 Å². The van der Waals surface area contributed by atoms with Gasteiger partial charge in [0.15, 0.2) is 0 Å². The standard InChI is InChI=1S/C30H50O4/c1-3-4-5-6-7-8-9-10-11-12-13-14-15-16-19-25-33-29(31)23-20-24-30(32)34-26-28-22-18-17-21-27(28)2/h17-18,21-22H,3-16,19-20,23-26H2,1-2H3. The van der Waals surface area contributed by atoms with E-state index in [1.807, 2.05) is 31.2 Å². The average Bonchev–Trinajstić information content (AvgIpc) is 2.83. The number of carbonyl (C=O) groups is 2. The number of aryl methyl sites for hydroxylation is 1. The van der Waals surface area contributed by atoms with Gasteiger partial charge in [0, 0.05) is 12.8 Å². The van der Waals surface area contributed by atoms with Gasteiger partial charge in [-0.3, -0.25) is 9.59 Å². The van der Waals surface area contributed by atoms with E-state index >= 15 is 0 Å². The minimum atomic E-state index is -0.265. The molecule has 1 rings (SSSR count). The molecule has 0 saturated carbocycles. The van der Waals surface area contributed by atoms with Gasteiger partial charge < -0.3 is 9.47 Å². The van der Waals surface area contributed by atoms with Crippen LogP contribution >= 0.6 is 0 Å². The van der Waals surface area contributed by atoms with Crippen molar-refractivity contribution in [1.82, 2.24) is 0 Å². The summed E-state index contributed by atoms with van der Waals surface area (Å²) >= 11 is 0. The van der Waals surface area contributed by atoms with Gasteiger partial charge in [-0.25, -0.2) is 0 Å². The summed E-state index contributed by atoms with van der Waals surface area (Å²) in [4.78, 5) is 23.7. The van der Waals surface area contributed by atoms with Gasteiger partial charge in [0.05, 0.1) is 6.61 Å². The Morgan fingerprint density at radius 2 is 1.09 bits per heavy atom. The van der Waals surface area contributed by atoms with Crippen LogP contribution in [0.5, 0.6) is 0 Å². The SMILES string of the molecule is CCCCCCCCCCCCCCCCCOC(=O)CCCC(=O)OCc1ccccc1C. The lowest BCUT2D eigenvalue weighted by molar-refractivity contribution is -0.146. The zero-order valence-electron chi connectivity index (χ0n) is 22.1. The Labute approximate surface area is 209 Å². The summed E-state index contributed by atoms with van der Waals surface area (Å²) in [7, 11) is 0. The Hall–Kier alpha value is -1.84. The molecule has 34 heavy (non-hydrogen) atoms. The van der Waals surface area contributed by atoms with E-state index < -0.39 is 0 Å². The molecule has 0 N–H and O–H groups in total. The Balaban J connectivity index is 1.82. The molecule has 0 saturated heterocycles. The minimum absolute atomic E-state index is 0.211. The van der Waals surface area contributed by atoms with Crippen LogP contribution in [0.2, 0.25) is 0 Å². The van der Waals surface area contributed by atoms with Gasteiger partial charge >= 0.3 is 11.9 Å². The molecule has 0 unspecified atom stereocenters. The second kappa shape index (κ2) is 21.7. The lowest BCUT2D eigenvalue weighted by atomic mass is 10.0. The summed E-state index contributed by atoms with van der Waals surface area (Å²) in [5.41, 5.74) is 2.12. The van der Waals surface area contributed by atoms with Crippen molar-refractivity contribution >= 4 is 11.9 Å². The first-order valence-corrected chi connectivity index (χ1v) is 14.0. The number of hydrogen-bond acceptors (Lipinski definition) is 4. The van der Waals surface area contributed by atoms with Gasteiger partial charge in [-0.2, -0.15) is 0 Å². The molecule has 1 aromatic carbocycles. The van der Waals surface area contributed by atoms with Gasteiger partial charge in [-0.05, 0) is 30.9 Å². The monoisotopic (exact) mass is 474 g/mol. The molecule has 0 fully saturated rings. The molecule has 0 radical (unpaired) electrons. The highest BCUT2D eigenvalue weighted by atomic mass is 16.5. The third-order valence-corrected chi connectivity index (χ3v) is 6.42. The smallest absolute Gasteiger partial charge is 0.306 e. The molecule has 4 nitrogen and oxygen atoms in total. The fourth-order valence-corrected chi connectivity index (χ4v) is 4.11. The van der Waals surface area contributed by atoms with E-state index in [2.05, 4.69) is 6.92 Å². The highest BCUT2D eigenvalue weighted by Crippen LogP contribution is 2.14. The van der Waals surface area contributed by atoms with Crippen molar-refractivity contribution in [1.29, 1.82) is 0 Å². The topological polar surface area (TPSA) is 52.6 Å².